The van der Waals surface area contributed by atoms with Crippen LogP contribution in [0.25, 0.3) is 5.78 Å². The summed E-state index contributed by atoms with van der Waals surface area (Å²) in [5, 5.41) is 6.69. The number of para-hydroxylation sites is 1. The Morgan fingerprint density at radius 3 is 2.70 bits per heavy atom. The zero-order valence-electron chi connectivity index (χ0n) is 14.6. The van der Waals surface area contributed by atoms with Gasteiger partial charge < -0.3 is 10.1 Å². The Morgan fingerprint density at radius 1 is 1.22 bits per heavy atom. The molecule has 6 nitrogen and oxygen atoms in total. The summed E-state index contributed by atoms with van der Waals surface area (Å²) in [5.74, 6) is -0.133. The van der Waals surface area contributed by atoms with Crippen molar-refractivity contribution in [3.8, 4) is 5.75 Å². The smallest absolute Gasteiger partial charge is 0.453 e. The van der Waals surface area contributed by atoms with Crippen LogP contribution in [-0.4, -0.2) is 25.7 Å². The normalized spacial score (nSPS) is 15.0. The van der Waals surface area contributed by atoms with Gasteiger partial charge in [-0.15, -0.1) is 5.10 Å². The average molecular weight is 377 g/mol. The van der Waals surface area contributed by atoms with Crippen molar-refractivity contribution >= 4 is 11.6 Å². The second kappa shape index (κ2) is 6.71. The highest BCUT2D eigenvalue weighted by atomic mass is 19.4. The van der Waals surface area contributed by atoms with E-state index in [0.29, 0.717) is 18.1 Å². The van der Waals surface area contributed by atoms with Gasteiger partial charge in [0.15, 0.2) is 0 Å². The van der Waals surface area contributed by atoms with E-state index < -0.39 is 12.0 Å². The standard InChI is InChI=1S/C18H18F3N5O/c1-11-9-15(26-17(23-11)24-16(25-26)18(19,20)21)22-10-12-5-2-3-8-14(12)27-13-6-4-7-13/h2-3,5,8-9,13,22H,4,6-7,10H2,1H3. The van der Waals surface area contributed by atoms with Crippen molar-refractivity contribution in [2.75, 3.05) is 5.32 Å². The Morgan fingerprint density at radius 2 is 2.00 bits per heavy atom. The average Bonchev–Trinajstić information content (AvgIpc) is 3.01. The number of benzene rings is 1. The summed E-state index contributed by atoms with van der Waals surface area (Å²) in [7, 11) is 0. The van der Waals surface area contributed by atoms with Gasteiger partial charge in [0.2, 0.25) is 0 Å². The number of halogens is 3. The van der Waals surface area contributed by atoms with Gasteiger partial charge in [0, 0.05) is 23.9 Å². The van der Waals surface area contributed by atoms with Crippen molar-refractivity contribution < 1.29 is 17.9 Å². The third-order valence-electron chi connectivity index (χ3n) is 4.47. The fourth-order valence-electron chi connectivity index (χ4n) is 2.85. The minimum Gasteiger partial charge on any atom is -0.490 e. The summed E-state index contributed by atoms with van der Waals surface area (Å²) < 4.78 is 45.8. The Bertz CT molecular complexity index is 965. The van der Waals surface area contributed by atoms with E-state index in [4.69, 9.17) is 4.74 Å². The van der Waals surface area contributed by atoms with Gasteiger partial charge in [-0.3, -0.25) is 0 Å². The van der Waals surface area contributed by atoms with Crippen LogP contribution in [0.15, 0.2) is 30.3 Å². The lowest BCUT2D eigenvalue weighted by molar-refractivity contribution is -0.144. The molecule has 0 amide bonds. The van der Waals surface area contributed by atoms with Gasteiger partial charge in [-0.2, -0.15) is 22.7 Å². The van der Waals surface area contributed by atoms with Gasteiger partial charge >= 0.3 is 6.18 Å². The van der Waals surface area contributed by atoms with Crippen molar-refractivity contribution in [1.82, 2.24) is 19.6 Å². The number of aromatic nitrogens is 4. The molecule has 1 saturated carbocycles. The summed E-state index contributed by atoms with van der Waals surface area (Å²) in [5.41, 5.74) is 1.47. The van der Waals surface area contributed by atoms with Crippen LogP contribution in [0.2, 0.25) is 0 Å². The summed E-state index contributed by atoms with van der Waals surface area (Å²) in [4.78, 5) is 7.51. The van der Waals surface area contributed by atoms with E-state index in [2.05, 4.69) is 20.4 Å². The van der Waals surface area contributed by atoms with Gasteiger partial charge in [-0.25, -0.2) is 4.98 Å². The largest absolute Gasteiger partial charge is 0.490 e. The molecule has 0 saturated heterocycles. The van der Waals surface area contributed by atoms with E-state index in [0.717, 1.165) is 28.7 Å². The number of rotatable bonds is 5. The molecule has 0 bridgehead atoms. The van der Waals surface area contributed by atoms with Crippen LogP contribution in [0.1, 0.15) is 36.3 Å². The number of ether oxygens (including phenoxy) is 1. The van der Waals surface area contributed by atoms with Crippen LogP contribution < -0.4 is 10.1 Å². The molecule has 3 aromatic rings. The number of nitrogens with zero attached hydrogens (tertiary/aromatic N) is 4. The number of nitrogens with one attached hydrogen (secondary N) is 1. The van der Waals surface area contributed by atoms with Gasteiger partial charge in [0.1, 0.15) is 11.6 Å². The molecule has 0 spiro atoms. The summed E-state index contributed by atoms with van der Waals surface area (Å²) in [6.07, 6.45) is -1.11. The zero-order chi connectivity index (χ0) is 19.0. The Balaban J connectivity index is 1.60. The lowest BCUT2D eigenvalue weighted by Crippen LogP contribution is -2.25. The van der Waals surface area contributed by atoms with Crippen molar-refractivity contribution in [3.05, 3.63) is 47.4 Å². The number of hydrogen-bond donors (Lipinski definition) is 1. The predicted octanol–water partition coefficient (Wildman–Crippen LogP) is 3.99. The summed E-state index contributed by atoms with van der Waals surface area (Å²) >= 11 is 0. The molecular formula is C18H18F3N5O. The highest BCUT2D eigenvalue weighted by Crippen LogP contribution is 2.29. The second-order valence-electron chi connectivity index (χ2n) is 6.56. The first-order valence-corrected chi connectivity index (χ1v) is 8.70. The van der Waals surface area contributed by atoms with Crippen molar-refractivity contribution in [1.29, 1.82) is 0 Å². The summed E-state index contributed by atoms with van der Waals surface area (Å²) in [6, 6.07) is 9.26. The van der Waals surface area contributed by atoms with E-state index in [1.54, 1.807) is 13.0 Å². The van der Waals surface area contributed by atoms with Crippen LogP contribution in [-0.2, 0) is 12.7 Å². The Labute approximate surface area is 153 Å². The van der Waals surface area contributed by atoms with Gasteiger partial charge in [-0.1, -0.05) is 18.2 Å². The molecule has 1 fully saturated rings. The highest BCUT2D eigenvalue weighted by molar-refractivity contribution is 5.47. The Kier molecular flexibility index (Phi) is 4.37. The van der Waals surface area contributed by atoms with Crippen molar-refractivity contribution in [3.63, 3.8) is 0 Å². The lowest BCUT2D eigenvalue weighted by atomic mass is 9.96. The molecule has 0 unspecified atom stereocenters. The topological polar surface area (TPSA) is 64.3 Å². The van der Waals surface area contributed by atoms with Crippen LogP contribution in [0, 0.1) is 6.92 Å². The SMILES string of the molecule is Cc1cc(NCc2ccccc2OC2CCC2)n2nc(C(F)(F)F)nc2n1. The lowest BCUT2D eigenvalue weighted by Gasteiger charge is -2.27. The molecule has 9 heteroatoms. The second-order valence-corrected chi connectivity index (χ2v) is 6.56. The van der Waals surface area contributed by atoms with E-state index >= 15 is 0 Å². The highest BCUT2D eigenvalue weighted by Gasteiger charge is 2.36. The molecule has 0 radical (unpaired) electrons. The number of hydrogen-bond acceptors (Lipinski definition) is 5. The molecule has 27 heavy (non-hydrogen) atoms. The van der Waals surface area contributed by atoms with Crippen molar-refractivity contribution in [2.45, 2.75) is 45.0 Å². The van der Waals surface area contributed by atoms with Gasteiger partial charge in [-0.05, 0) is 32.3 Å². The number of fused-ring (bicyclic) bond motifs is 1. The number of anilines is 1. The third-order valence-corrected chi connectivity index (χ3v) is 4.47. The maximum absolute atomic E-state index is 12.9. The van der Waals surface area contributed by atoms with Crippen molar-refractivity contribution in [2.24, 2.45) is 0 Å². The Hall–Kier alpha value is -2.84. The molecule has 2 heterocycles. The fourth-order valence-corrected chi connectivity index (χ4v) is 2.85. The van der Waals surface area contributed by atoms with Crippen LogP contribution in [0.4, 0.5) is 19.0 Å². The van der Waals surface area contributed by atoms with E-state index in [9.17, 15) is 13.2 Å². The number of alkyl halides is 3. The van der Waals surface area contributed by atoms with Crippen LogP contribution in [0.5, 0.6) is 5.75 Å². The van der Waals surface area contributed by atoms with E-state index in [-0.39, 0.29) is 11.9 Å². The molecule has 1 aromatic carbocycles. The minimum absolute atomic E-state index is 0.0937. The molecule has 4 rings (SSSR count). The molecule has 2 aromatic heterocycles. The molecule has 1 aliphatic rings. The number of aryl methyl sites for hydroxylation is 1. The minimum atomic E-state index is -4.62. The molecule has 142 valence electrons. The maximum atomic E-state index is 12.9. The molecule has 0 atom stereocenters. The molecule has 1 aliphatic carbocycles. The third kappa shape index (κ3) is 3.67. The van der Waals surface area contributed by atoms with Crippen LogP contribution >= 0.6 is 0 Å². The van der Waals surface area contributed by atoms with E-state index in [1.165, 1.54) is 6.42 Å². The van der Waals surface area contributed by atoms with Gasteiger partial charge in [0.25, 0.3) is 11.6 Å². The maximum Gasteiger partial charge on any atom is 0.453 e. The molecule has 0 aliphatic heterocycles. The quantitative estimate of drug-likeness (QED) is 0.728. The predicted molar refractivity (Wildman–Crippen MR) is 92.6 cm³/mol. The first-order chi connectivity index (χ1) is 12.9. The van der Waals surface area contributed by atoms with E-state index in [1.807, 2.05) is 24.3 Å². The van der Waals surface area contributed by atoms with Crippen LogP contribution in [0.3, 0.4) is 0 Å². The monoisotopic (exact) mass is 377 g/mol. The first-order valence-electron chi connectivity index (χ1n) is 8.70. The fraction of sp³-hybridized carbons (Fsp3) is 0.389. The molecule has 1 N–H and O–H groups in total. The van der Waals surface area contributed by atoms with Gasteiger partial charge in [0.05, 0.1) is 6.10 Å². The molecular weight excluding hydrogens is 359 g/mol. The zero-order valence-corrected chi connectivity index (χ0v) is 14.6. The first kappa shape index (κ1) is 17.6. The summed E-state index contributed by atoms with van der Waals surface area (Å²) in [6.45, 7) is 2.07.